The zero-order valence-electron chi connectivity index (χ0n) is 15.5. The molecule has 0 spiro atoms. The van der Waals surface area contributed by atoms with Gasteiger partial charge in [-0.2, -0.15) is 0 Å². The maximum absolute atomic E-state index is 11.3. The largest absolute Gasteiger partial charge is 1.00 e. The number of hydrogen-bond acceptors (Lipinski definition) is 6. The van der Waals surface area contributed by atoms with Crippen molar-refractivity contribution in [2.75, 3.05) is 59.3 Å². The molecular formula is C15H31KN2O6. The molecule has 8 nitrogen and oxygen atoms in total. The van der Waals surface area contributed by atoms with Gasteiger partial charge < -0.3 is 37.0 Å². The number of carbonyl (C=O) groups is 2. The summed E-state index contributed by atoms with van der Waals surface area (Å²) < 4.78 is 20.9. The third-order valence-corrected chi connectivity index (χ3v) is 2.33. The minimum Gasteiger partial charge on any atom is -0.377 e. The monoisotopic (exact) mass is 374 g/mol. The smallest absolute Gasteiger partial charge is 0.377 e. The second kappa shape index (κ2) is 23.4. The van der Waals surface area contributed by atoms with Crippen LogP contribution in [0.2, 0.25) is 0 Å². The molecule has 24 heavy (non-hydrogen) atoms. The molecule has 2 amide bonds. The van der Waals surface area contributed by atoms with E-state index >= 15 is 0 Å². The Kier molecular flexibility index (Phi) is 28.5. The van der Waals surface area contributed by atoms with Gasteiger partial charge in [-0.05, 0) is 13.8 Å². The van der Waals surface area contributed by atoms with Crippen molar-refractivity contribution in [3.05, 3.63) is 7.43 Å². The average molecular weight is 375 g/mol. The van der Waals surface area contributed by atoms with E-state index in [-0.39, 0.29) is 77.4 Å². The van der Waals surface area contributed by atoms with Gasteiger partial charge in [-0.3, -0.25) is 9.59 Å². The number of rotatable bonds is 16. The van der Waals surface area contributed by atoms with E-state index in [1.807, 2.05) is 13.8 Å². The van der Waals surface area contributed by atoms with Gasteiger partial charge in [0.1, 0.15) is 6.61 Å². The van der Waals surface area contributed by atoms with Crippen LogP contribution in [0.3, 0.4) is 0 Å². The van der Waals surface area contributed by atoms with Gasteiger partial charge in [0, 0.05) is 13.1 Å². The van der Waals surface area contributed by atoms with Crippen molar-refractivity contribution in [3.63, 3.8) is 0 Å². The normalized spacial score (nSPS) is 9.79. The van der Waals surface area contributed by atoms with Crippen molar-refractivity contribution in [1.29, 1.82) is 0 Å². The van der Waals surface area contributed by atoms with Crippen LogP contribution < -0.4 is 62.0 Å². The van der Waals surface area contributed by atoms with Crippen LogP contribution in [0.15, 0.2) is 0 Å². The van der Waals surface area contributed by atoms with Gasteiger partial charge in [0.15, 0.2) is 0 Å². The van der Waals surface area contributed by atoms with E-state index in [4.69, 9.17) is 18.9 Å². The van der Waals surface area contributed by atoms with Gasteiger partial charge in [-0.15, -0.1) is 0 Å². The zero-order valence-corrected chi connectivity index (χ0v) is 18.6. The molecule has 0 unspecified atom stereocenters. The van der Waals surface area contributed by atoms with Gasteiger partial charge in [0.2, 0.25) is 12.3 Å². The molecule has 0 saturated carbocycles. The van der Waals surface area contributed by atoms with Crippen LogP contribution in [0.4, 0.5) is 0 Å². The van der Waals surface area contributed by atoms with E-state index in [1.165, 1.54) is 0 Å². The van der Waals surface area contributed by atoms with Crippen LogP contribution in [0.1, 0.15) is 13.8 Å². The van der Waals surface area contributed by atoms with Crippen LogP contribution in [-0.4, -0.2) is 77.8 Å². The molecule has 0 fully saturated rings. The third kappa shape index (κ3) is 24.7. The average Bonchev–Trinajstić information content (AvgIpc) is 2.49. The first-order valence-corrected chi connectivity index (χ1v) is 7.45. The number of carbonyl (C=O) groups excluding carboxylic acids is 2. The van der Waals surface area contributed by atoms with Crippen molar-refractivity contribution >= 4 is 12.3 Å². The Labute approximate surface area is 188 Å². The number of ether oxygens (including phenoxy) is 4. The van der Waals surface area contributed by atoms with E-state index in [1.54, 1.807) is 0 Å². The summed E-state index contributed by atoms with van der Waals surface area (Å²) in [5.41, 5.74) is 0. The summed E-state index contributed by atoms with van der Waals surface area (Å²) in [6.07, 6.45) is 0.682. The van der Waals surface area contributed by atoms with Crippen LogP contribution in [0.5, 0.6) is 0 Å². The van der Waals surface area contributed by atoms with Crippen LogP contribution >= 0.6 is 0 Å². The van der Waals surface area contributed by atoms with Crippen molar-refractivity contribution < 1.29 is 79.9 Å². The minimum atomic E-state index is -0.144. The van der Waals surface area contributed by atoms with E-state index in [0.29, 0.717) is 59.1 Å². The van der Waals surface area contributed by atoms with Crippen molar-refractivity contribution in [2.45, 2.75) is 20.0 Å². The van der Waals surface area contributed by atoms with E-state index in [9.17, 15) is 9.59 Å². The van der Waals surface area contributed by atoms with Crippen molar-refractivity contribution in [1.82, 2.24) is 10.6 Å². The van der Waals surface area contributed by atoms with Crippen LogP contribution in [-0.2, 0) is 28.5 Å². The predicted molar refractivity (Wildman–Crippen MR) is 87.0 cm³/mol. The fourth-order valence-electron chi connectivity index (χ4n) is 1.29. The number of hydrogen-bond donors (Lipinski definition) is 2. The van der Waals surface area contributed by atoms with Crippen molar-refractivity contribution in [3.8, 4) is 0 Å². The molecule has 138 valence electrons. The Hall–Kier alpha value is 0.416. The van der Waals surface area contributed by atoms with Gasteiger partial charge in [-0.1, -0.05) is 0 Å². The summed E-state index contributed by atoms with van der Waals surface area (Å²) in [7, 11) is 0. The maximum atomic E-state index is 11.3. The quantitative estimate of drug-likeness (QED) is 0.128. The Morgan fingerprint density at radius 1 is 0.958 bits per heavy atom. The van der Waals surface area contributed by atoms with Gasteiger partial charge >= 0.3 is 51.4 Å². The SMILES string of the molecule is CC(C)OCC(=O)NCCOCCOCCOCCNC=O.[CH3-].[K+]. The standard InChI is InChI=1S/C14H28N2O6.CH3.K/c1-13(2)22-11-14(18)16-4-6-20-8-10-21-9-7-19-5-3-15-12-17;;/h12-13H,3-11H2,1-2H3,(H,15,17)(H,16,18);1H3;/q;-1;+1. The molecule has 0 aromatic rings. The first kappa shape index (κ1) is 29.2. The summed E-state index contributed by atoms with van der Waals surface area (Å²) in [5, 5.41) is 5.19. The topological polar surface area (TPSA) is 95.1 Å². The molecule has 0 heterocycles. The molecule has 0 radical (unpaired) electrons. The molecule has 2 N–H and O–H groups in total. The summed E-state index contributed by atoms with van der Waals surface area (Å²) in [4.78, 5) is 21.2. The second-order valence-corrected chi connectivity index (χ2v) is 4.62. The first-order chi connectivity index (χ1) is 10.7. The molecular weight excluding hydrogens is 343 g/mol. The number of nitrogens with one attached hydrogen (secondary N) is 2. The van der Waals surface area contributed by atoms with Crippen LogP contribution in [0.25, 0.3) is 0 Å². The molecule has 0 bridgehead atoms. The molecule has 0 rings (SSSR count). The fraction of sp³-hybridized carbons (Fsp3) is 0.800. The Bertz CT molecular complexity index is 283. The minimum absolute atomic E-state index is 0. The summed E-state index contributed by atoms with van der Waals surface area (Å²) in [5.74, 6) is -0.144. The molecule has 0 aliphatic rings. The van der Waals surface area contributed by atoms with Gasteiger partial charge in [0.05, 0.1) is 45.7 Å². The molecule has 0 saturated heterocycles. The molecule has 0 aliphatic carbocycles. The second-order valence-electron chi connectivity index (χ2n) is 4.62. The summed E-state index contributed by atoms with van der Waals surface area (Å²) >= 11 is 0. The molecule has 0 aromatic heterocycles. The van der Waals surface area contributed by atoms with E-state index in [2.05, 4.69) is 10.6 Å². The van der Waals surface area contributed by atoms with Gasteiger partial charge in [-0.25, -0.2) is 0 Å². The Morgan fingerprint density at radius 2 is 1.46 bits per heavy atom. The maximum Gasteiger partial charge on any atom is 1.00 e. The molecule has 0 aromatic carbocycles. The molecule has 9 heteroatoms. The zero-order chi connectivity index (χ0) is 16.5. The van der Waals surface area contributed by atoms with Gasteiger partial charge in [0.25, 0.3) is 0 Å². The first-order valence-electron chi connectivity index (χ1n) is 7.45. The third-order valence-electron chi connectivity index (χ3n) is 2.33. The molecule has 0 aliphatic heterocycles. The van der Waals surface area contributed by atoms with Crippen molar-refractivity contribution in [2.24, 2.45) is 0 Å². The van der Waals surface area contributed by atoms with E-state index in [0.717, 1.165) is 0 Å². The summed E-state index contributed by atoms with van der Waals surface area (Å²) in [6, 6.07) is 0. The number of amides is 2. The Morgan fingerprint density at radius 3 is 1.96 bits per heavy atom. The Balaban J connectivity index is -0.00000220. The summed E-state index contributed by atoms with van der Waals surface area (Å²) in [6.45, 7) is 7.58. The van der Waals surface area contributed by atoms with Crippen LogP contribution in [0, 0.1) is 7.43 Å². The fourth-order valence-corrected chi connectivity index (χ4v) is 1.29. The van der Waals surface area contributed by atoms with E-state index < -0.39 is 0 Å². The molecule has 0 atom stereocenters. The predicted octanol–water partition coefficient (Wildman–Crippen LogP) is -3.22.